The number of carbonyl (C=O) groups is 2. The van der Waals surface area contributed by atoms with Gasteiger partial charge in [-0.3, -0.25) is 9.59 Å². The van der Waals surface area contributed by atoms with Crippen LogP contribution < -0.4 is 5.32 Å². The third-order valence-corrected chi connectivity index (χ3v) is 8.23. The predicted octanol–water partition coefficient (Wildman–Crippen LogP) is 6.22. The van der Waals surface area contributed by atoms with Crippen molar-refractivity contribution in [2.75, 3.05) is 38.0 Å². The third kappa shape index (κ3) is 6.64. The summed E-state index contributed by atoms with van der Waals surface area (Å²) >= 11 is 0. The van der Waals surface area contributed by atoms with Crippen molar-refractivity contribution in [2.24, 2.45) is 5.41 Å². The summed E-state index contributed by atoms with van der Waals surface area (Å²) in [6, 6.07) is 29.0. The monoisotopic (exact) mass is 531 g/mol. The number of nitrogens with one attached hydrogen (secondary N) is 1. The largest absolute Gasteiger partial charge is 0.338 e. The molecule has 5 nitrogen and oxygen atoms in total. The lowest BCUT2D eigenvalue weighted by Gasteiger charge is -2.39. The van der Waals surface area contributed by atoms with E-state index in [-0.39, 0.29) is 29.6 Å². The minimum absolute atomic E-state index is 0. The van der Waals surface area contributed by atoms with Crippen LogP contribution in [0.1, 0.15) is 60.0 Å². The van der Waals surface area contributed by atoms with Gasteiger partial charge in [0.2, 0.25) is 5.91 Å². The maximum Gasteiger partial charge on any atom is 0.253 e. The maximum atomic E-state index is 13.1. The molecule has 5 rings (SSSR count). The van der Waals surface area contributed by atoms with Gasteiger partial charge in [0.1, 0.15) is 0 Å². The van der Waals surface area contributed by atoms with E-state index >= 15 is 0 Å². The van der Waals surface area contributed by atoms with Gasteiger partial charge in [-0.2, -0.15) is 0 Å². The van der Waals surface area contributed by atoms with Gasteiger partial charge in [0.25, 0.3) is 5.91 Å². The highest BCUT2D eigenvalue weighted by molar-refractivity contribution is 5.95. The number of piperidine rings is 1. The van der Waals surface area contributed by atoms with E-state index in [0.29, 0.717) is 11.5 Å². The van der Waals surface area contributed by atoms with Crippen molar-refractivity contribution in [1.29, 1.82) is 0 Å². The summed E-state index contributed by atoms with van der Waals surface area (Å²) in [7, 11) is 0. The fourth-order valence-electron chi connectivity index (χ4n) is 6.06. The molecule has 38 heavy (non-hydrogen) atoms. The lowest BCUT2D eigenvalue weighted by atomic mass is 9.77. The quantitative estimate of drug-likeness (QED) is 0.394. The second-order valence-corrected chi connectivity index (χ2v) is 10.7. The van der Waals surface area contributed by atoms with Crippen molar-refractivity contribution in [3.8, 4) is 0 Å². The van der Waals surface area contributed by atoms with Crippen molar-refractivity contribution in [2.45, 2.75) is 38.5 Å². The first kappa shape index (κ1) is 27.9. The Labute approximate surface area is 232 Å². The second-order valence-electron chi connectivity index (χ2n) is 10.7. The van der Waals surface area contributed by atoms with E-state index in [4.69, 9.17) is 0 Å². The van der Waals surface area contributed by atoms with Crippen LogP contribution in [0.4, 0.5) is 5.69 Å². The maximum absolute atomic E-state index is 13.1. The van der Waals surface area contributed by atoms with E-state index in [1.54, 1.807) is 12.1 Å². The number of benzene rings is 3. The molecular formula is C32H38ClN3O2. The molecule has 0 aromatic heterocycles. The number of amides is 2. The molecule has 2 aliphatic heterocycles. The van der Waals surface area contributed by atoms with Gasteiger partial charge in [0.15, 0.2) is 0 Å². The van der Waals surface area contributed by atoms with Gasteiger partial charge in [0.05, 0.1) is 0 Å². The van der Waals surface area contributed by atoms with Crippen LogP contribution in [0, 0.1) is 5.41 Å². The third-order valence-electron chi connectivity index (χ3n) is 8.23. The lowest BCUT2D eigenvalue weighted by Crippen LogP contribution is -2.42. The molecule has 3 aromatic carbocycles. The predicted molar refractivity (Wildman–Crippen MR) is 156 cm³/mol. The normalized spacial score (nSPS) is 16.8. The molecule has 2 aliphatic rings. The van der Waals surface area contributed by atoms with Crippen molar-refractivity contribution in [1.82, 2.24) is 9.80 Å². The van der Waals surface area contributed by atoms with E-state index in [9.17, 15) is 9.59 Å². The fourth-order valence-corrected chi connectivity index (χ4v) is 6.06. The highest BCUT2D eigenvalue weighted by atomic mass is 35.5. The standard InChI is InChI=1S/C32H37N3O2.ClH/c1-25(36)33-29-14-12-28(13-15-29)31(37)35-23-19-32(24-35)17-21-34(22-18-32)20-16-30(26-8-4-2-5-9-26)27-10-6-3-7-11-27;/h2-15,30H,16-24H2,1H3,(H,33,36);1H. The SMILES string of the molecule is CC(=O)Nc1ccc(C(=O)N2CCC3(CCN(CCC(c4ccccc4)c4ccccc4)CC3)C2)cc1.Cl. The van der Waals surface area contributed by atoms with Gasteiger partial charge in [-0.15, -0.1) is 12.4 Å². The number of likely N-dealkylation sites (tertiary alicyclic amines) is 2. The summed E-state index contributed by atoms with van der Waals surface area (Å²) < 4.78 is 0. The minimum atomic E-state index is -0.109. The summed E-state index contributed by atoms with van der Waals surface area (Å²) in [4.78, 5) is 29.0. The smallest absolute Gasteiger partial charge is 0.253 e. The van der Waals surface area contributed by atoms with E-state index in [0.717, 1.165) is 64.1 Å². The van der Waals surface area contributed by atoms with Crippen molar-refractivity contribution >= 4 is 29.9 Å². The molecule has 0 atom stereocenters. The van der Waals surface area contributed by atoms with Crippen LogP contribution in [0.3, 0.4) is 0 Å². The molecule has 200 valence electrons. The molecular weight excluding hydrogens is 494 g/mol. The van der Waals surface area contributed by atoms with Gasteiger partial charge < -0.3 is 15.1 Å². The molecule has 1 spiro atoms. The Morgan fingerprint density at radius 3 is 1.92 bits per heavy atom. The molecule has 0 saturated carbocycles. The van der Waals surface area contributed by atoms with Gasteiger partial charge in [0, 0.05) is 37.2 Å². The summed E-state index contributed by atoms with van der Waals surface area (Å²) in [5.41, 5.74) is 4.43. The topological polar surface area (TPSA) is 52.7 Å². The zero-order chi connectivity index (χ0) is 25.7. The average molecular weight is 532 g/mol. The van der Waals surface area contributed by atoms with E-state index in [2.05, 4.69) is 70.9 Å². The molecule has 2 saturated heterocycles. The summed E-state index contributed by atoms with van der Waals surface area (Å²) in [5, 5.41) is 2.76. The van der Waals surface area contributed by atoms with Gasteiger partial charge in [-0.25, -0.2) is 0 Å². The molecule has 3 aromatic rings. The van der Waals surface area contributed by atoms with Gasteiger partial charge in [-0.05, 0) is 86.1 Å². The molecule has 0 aliphatic carbocycles. The van der Waals surface area contributed by atoms with Crippen LogP contribution >= 0.6 is 12.4 Å². The van der Waals surface area contributed by atoms with Crippen molar-refractivity contribution in [3.63, 3.8) is 0 Å². The molecule has 1 N–H and O–H groups in total. The second kappa shape index (κ2) is 12.6. The van der Waals surface area contributed by atoms with Crippen LogP contribution in [0.25, 0.3) is 0 Å². The molecule has 0 unspecified atom stereocenters. The first-order valence-electron chi connectivity index (χ1n) is 13.5. The summed E-state index contributed by atoms with van der Waals surface area (Å²) in [5.74, 6) is 0.403. The Bertz CT molecular complexity index is 1150. The molecule has 6 heteroatoms. The molecule has 0 bridgehead atoms. The van der Waals surface area contributed by atoms with Crippen LogP contribution in [-0.2, 0) is 4.79 Å². The van der Waals surface area contributed by atoms with Crippen LogP contribution in [0.2, 0.25) is 0 Å². The number of hydrogen-bond acceptors (Lipinski definition) is 3. The Morgan fingerprint density at radius 1 is 0.816 bits per heavy atom. The van der Waals surface area contributed by atoms with Crippen LogP contribution in [-0.4, -0.2) is 54.3 Å². The van der Waals surface area contributed by atoms with E-state index in [1.807, 2.05) is 17.0 Å². The Kier molecular flexibility index (Phi) is 9.24. The summed E-state index contributed by atoms with van der Waals surface area (Å²) in [6.45, 7) is 6.46. The van der Waals surface area contributed by atoms with Crippen molar-refractivity contribution < 1.29 is 9.59 Å². The van der Waals surface area contributed by atoms with Crippen LogP contribution in [0.15, 0.2) is 84.9 Å². The number of hydrogen-bond donors (Lipinski definition) is 1. The minimum Gasteiger partial charge on any atom is -0.338 e. The lowest BCUT2D eigenvalue weighted by molar-refractivity contribution is -0.114. The van der Waals surface area contributed by atoms with E-state index < -0.39 is 0 Å². The fraction of sp³-hybridized carbons (Fsp3) is 0.375. The zero-order valence-corrected chi connectivity index (χ0v) is 23.0. The highest BCUT2D eigenvalue weighted by Crippen LogP contribution is 2.41. The number of anilines is 1. The number of carbonyl (C=O) groups excluding carboxylic acids is 2. The number of nitrogens with zero attached hydrogens (tertiary/aromatic N) is 2. The molecule has 2 amide bonds. The number of rotatable bonds is 7. The molecule has 2 fully saturated rings. The molecule has 2 heterocycles. The van der Waals surface area contributed by atoms with Crippen molar-refractivity contribution in [3.05, 3.63) is 102 Å². The van der Waals surface area contributed by atoms with E-state index in [1.165, 1.54) is 18.1 Å². The Balaban J connectivity index is 0.00000336. The Hall–Kier alpha value is -3.15. The zero-order valence-electron chi connectivity index (χ0n) is 22.1. The first-order valence-corrected chi connectivity index (χ1v) is 13.5. The highest BCUT2D eigenvalue weighted by Gasteiger charge is 2.42. The van der Waals surface area contributed by atoms with Crippen LogP contribution in [0.5, 0.6) is 0 Å². The van der Waals surface area contributed by atoms with Gasteiger partial charge in [-0.1, -0.05) is 60.7 Å². The molecule has 0 radical (unpaired) electrons. The average Bonchev–Trinajstić information content (AvgIpc) is 3.34. The summed E-state index contributed by atoms with van der Waals surface area (Å²) in [6.07, 6.45) is 4.51. The first-order chi connectivity index (χ1) is 18.0. The van der Waals surface area contributed by atoms with Gasteiger partial charge >= 0.3 is 0 Å². The number of halogens is 1. The Morgan fingerprint density at radius 2 is 1.37 bits per heavy atom.